The molecule has 0 aliphatic heterocycles. The van der Waals surface area contributed by atoms with E-state index in [9.17, 15) is 0 Å². The van der Waals surface area contributed by atoms with Crippen molar-refractivity contribution in [2.45, 2.75) is 53.4 Å². The molecule has 0 saturated heterocycles. The largest absolute Gasteiger partial charge is 0.0628 e. The standard InChI is InChI=1S/C12H24/c1-9(2)7-10(3)8-11(4)12-5-6-12/h9-12H,5-8H2,1-4H3. The van der Waals surface area contributed by atoms with Gasteiger partial charge in [-0.25, -0.2) is 0 Å². The van der Waals surface area contributed by atoms with Crippen molar-refractivity contribution in [2.75, 3.05) is 0 Å². The van der Waals surface area contributed by atoms with Gasteiger partial charge in [-0.15, -0.1) is 0 Å². The number of rotatable bonds is 5. The van der Waals surface area contributed by atoms with Gasteiger partial charge in [-0.3, -0.25) is 0 Å². The van der Waals surface area contributed by atoms with Gasteiger partial charge in [0.15, 0.2) is 0 Å². The Morgan fingerprint density at radius 1 is 1.00 bits per heavy atom. The first kappa shape index (κ1) is 10.1. The SMILES string of the molecule is CC(C)CC(C)CC(C)C1CC1. The minimum atomic E-state index is 0.881. The van der Waals surface area contributed by atoms with Gasteiger partial charge in [0.1, 0.15) is 0 Å². The number of hydrogen-bond acceptors (Lipinski definition) is 0. The molecular formula is C12H24. The molecule has 1 rings (SSSR count). The van der Waals surface area contributed by atoms with E-state index in [0.29, 0.717) is 0 Å². The molecule has 1 aliphatic rings. The summed E-state index contributed by atoms with van der Waals surface area (Å²) in [4.78, 5) is 0. The van der Waals surface area contributed by atoms with Gasteiger partial charge < -0.3 is 0 Å². The predicted octanol–water partition coefficient (Wildman–Crippen LogP) is 4.10. The Labute approximate surface area is 77.7 Å². The second-order valence-electron chi connectivity index (χ2n) is 5.29. The van der Waals surface area contributed by atoms with Crippen LogP contribution in [-0.2, 0) is 0 Å². The van der Waals surface area contributed by atoms with Crippen molar-refractivity contribution in [3.63, 3.8) is 0 Å². The van der Waals surface area contributed by atoms with Crippen molar-refractivity contribution in [3.05, 3.63) is 0 Å². The van der Waals surface area contributed by atoms with Crippen molar-refractivity contribution in [3.8, 4) is 0 Å². The lowest BCUT2D eigenvalue weighted by Crippen LogP contribution is -2.07. The maximum absolute atomic E-state index is 2.44. The third-order valence-electron chi connectivity index (χ3n) is 3.07. The monoisotopic (exact) mass is 168 g/mol. The molecule has 0 aromatic rings. The second kappa shape index (κ2) is 4.30. The van der Waals surface area contributed by atoms with Crippen LogP contribution in [0.25, 0.3) is 0 Å². The number of hydrogen-bond donors (Lipinski definition) is 0. The molecule has 1 fully saturated rings. The van der Waals surface area contributed by atoms with Crippen LogP contribution in [0.5, 0.6) is 0 Å². The highest BCUT2D eigenvalue weighted by Gasteiger charge is 2.28. The van der Waals surface area contributed by atoms with Crippen molar-refractivity contribution in [2.24, 2.45) is 23.7 Å². The van der Waals surface area contributed by atoms with Crippen LogP contribution < -0.4 is 0 Å². The molecule has 0 aromatic heterocycles. The zero-order valence-electron chi connectivity index (χ0n) is 9.14. The Hall–Kier alpha value is 0. The quantitative estimate of drug-likeness (QED) is 0.579. The third-order valence-corrected chi connectivity index (χ3v) is 3.07. The van der Waals surface area contributed by atoms with Crippen LogP contribution in [-0.4, -0.2) is 0 Å². The zero-order valence-corrected chi connectivity index (χ0v) is 9.14. The first-order valence-corrected chi connectivity index (χ1v) is 5.59. The minimum absolute atomic E-state index is 0.881. The lowest BCUT2D eigenvalue weighted by atomic mass is 9.88. The average Bonchev–Trinajstić information content (AvgIpc) is 2.63. The molecule has 0 heteroatoms. The Morgan fingerprint density at radius 3 is 2.00 bits per heavy atom. The van der Waals surface area contributed by atoms with Crippen LogP contribution in [0.4, 0.5) is 0 Å². The van der Waals surface area contributed by atoms with E-state index in [1.165, 1.54) is 25.7 Å². The Balaban J connectivity index is 2.11. The molecule has 0 aromatic carbocycles. The van der Waals surface area contributed by atoms with E-state index in [2.05, 4.69) is 27.7 Å². The highest BCUT2D eigenvalue weighted by molar-refractivity contribution is 4.79. The fourth-order valence-electron chi connectivity index (χ4n) is 2.39. The fourth-order valence-corrected chi connectivity index (χ4v) is 2.39. The molecule has 0 heterocycles. The molecule has 2 unspecified atom stereocenters. The molecular weight excluding hydrogens is 144 g/mol. The smallest absolute Gasteiger partial charge is 0.0388 e. The van der Waals surface area contributed by atoms with Gasteiger partial charge in [-0.2, -0.15) is 0 Å². The van der Waals surface area contributed by atoms with E-state index in [4.69, 9.17) is 0 Å². The van der Waals surface area contributed by atoms with E-state index in [0.717, 1.165) is 23.7 Å². The van der Waals surface area contributed by atoms with Gasteiger partial charge in [0.05, 0.1) is 0 Å². The van der Waals surface area contributed by atoms with Gasteiger partial charge >= 0.3 is 0 Å². The predicted molar refractivity (Wildman–Crippen MR) is 55.1 cm³/mol. The molecule has 1 saturated carbocycles. The first-order valence-electron chi connectivity index (χ1n) is 5.59. The summed E-state index contributed by atoms with van der Waals surface area (Å²) < 4.78 is 0. The maximum Gasteiger partial charge on any atom is -0.0388 e. The normalized spacial score (nSPS) is 22.8. The summed E-state index contributed by atoms with van der Waals surface area (Å²) >= 11 is 0. The second-order valence-corrected chi connectivity index (χ2v) is 5.29. The van der Waals surface area contributed by atoms with E-state index < -0.39 is 0 Å². The summed E-state index contributed by atoms with van der Waals surface area (Å²) in [6.45, 7) is 9.52. The molecule has 0 N–H and O–H groups in total. The summed E-state index contributed by atoms with van der Waals surface area (Å²) in [7, 11) is 0. The molecule has 72 valence electrons. The van der Waals surface area contributed by atoms with Crippen molar-refractivity contribution < 1.29 is 0 Å². The molecule has 0 bridgehead atoms. The molecule has 0 nitrogen and oxygen atoms in total. The lowest BCUT2D eigenvalue weighted by molar-refractivity contribution is 0.333. The van der Waals surface area contributed by atoms with Crippen LogP contribution in [0.3, 0.4) is 0 Å². The van der Waals surface area contributed by atoms with Crippen LogP contribution in [0.1, 0.15) is 53.4 Å². The van der Waals surface area contributed by atoms with Gasteiger partial charge in [-0.05, 0) is 49.4 Å². The van der Waals surface area contributed by atoms with Crippen LogP contribution in [0.2, 0.25) is 0 Å². The highest BCUT2D eigenvalue weighted by atomic mass is 14.3. The summed E-state index contributed by atoms with van der Waals surface area (Å²) in [5.41, 5.74) is 0. The first-order chi connectivity index (χ1) is 5.59. The van der Waals surface area contributed by atoms with Gasteiger partial charge in [0.25, 0.3) is 0 Å². The minimum Gasteiger partial charge on any atom is -0.0628 e. The molecule has 0 amide bonds. The van der Waals surface area contributed by atoms with Gasteiger partial charge in [-0.1, -0.05) is 27.7 Å². The topological polar surface area (TPSA) is 0 Å². The van der Waals surface area contributed by atoms with Gasteiger partial charge in [0.2, 0.25) is 0 Å². The summed E-state index contributed by atoms with van der Waals surface area (Å²) in [5.74, 6) is 3.92. The highest BCUT2D eigenvalue weighted by Crippen LogP contribution is 2.40. The average molecular weight is 168 g/mol. The van der Waals surface area contributed by atoms with Crippen LogP contribution in [0.15, 0.2) is 0 Å². The van der Waals surface area contributed by atoms with Crippen molar-refractivity contribution in [1.29, 1.82) is 0 Å². The molecule has 1 aliphatic carbocycles. The summed E-state index contributed by atoms with van der Waals surface area (Å²) in [5, 5.41) is 0. The van der Waals surface area contributed by atoms with Crippen LogP contribution >= 0.6 is 0 Å². The van der Waals surface area contributed by atoms with E-state index in [1.807, 2.05) is 0 Å². The summed E-state index contributed by atoms with van der Waals surface area (Å²) in [6.07, 6.45) is 5.89. The maximum atomic E-state index is 2.44. The molecule has 12 heavy (non-hydrogen) atoms. The van der Waals surface area contributed by atoms with Gasteiger partial charge in [0, 0.05) is 0 Å². The van der Waals surface area contributed by atoms with Crippen molar-refractivity contribution >= 4 is 0 Å². The zero-order chi connectivity index (χ0) is 9.14. The van der Waals surface area contributed by atoms with E-state index in [1.54, 1.807) is 0 Å². The molecule has 2 atom stereocenters. The van der Waals surface area contributed by atoms with E-state index in [-0.39, 0.29) is 0 Å². The molecule has 0 spiro atoms. The Morgan fingerprint density at radius 2 is 1.58 bits per heavy atom. The Bertz CT molecular complexity index is 122. The summed E-state index contributed by atoms with van der Waals surface area (Å²) in [6, 6.07) is 0. The van der Waals surface area contributed by atoms with E-state index >= 15 is 0 Å². The Kier molecular flexibility index (Phi) is 3.61. The lowest BCUT2D eigenvalue weighted by Gasteiger charge is -2.18. The molecule has 0 radical (unpaired) electrons. The fraction of sp³-hybridized carbons (Fsp3) is 1.00. The third kappa shape index (κ3) is 3.60. The van der Waals surface area contributed by atoms with Crippen molar-refractivity contribution in [1.82, 2.24) is 0 Å². The van der Waals surface area contributed by atoms with Crippen LogP contribution in [0, 0.1) is 23.7 Å².